The molecule has 1 atom stereocenters. The number of rotatable bonds is 2. The molecular weight excluding hydrogens is 246 g/mol. The van der Waals surface area contributed by atoms with Crippen molar-refractivity contribution in [3.05, 3.63) is 30.1 Å². The maximum Gasteiger partial charge on any atom is 0.0434 e. The summed E-state index contributed by atoms with van der Waals surface area (Å²) in [6.45, 7) is 6.32. The monoisotopic (exact) mass is 275 g/mol. The molecule has 1 saturated carbocycles. The molecular formula is C17H29N3. The molecule has 1 aromatic rings. The van der Waals surface area contributed by atoms with E-state index in [1.54, 1.807) is 0 Å². The maximum atomic E-state index is 6.00. The van der Waals surface area contributed by atoms with E-state index in [0.717, 1.165) is 12.6 Å². The third-order valence-electron chi connectivity index (χ3n) is 4.58. The minimum Gasteiger partial charge on any atom is -0.326 e. The topological polar surface area (TPSA) is 42.1 Å². The van der Waals surface area contributed by atoms with Crippen LogP contribution in [0.15, 0.2) is 24.4 Å². The van der Waals surface area contributed by atoms with Crippen LogP contribution in [0.5, 0.6) is 0 Å². The predicted octanol–water partition coefficient (Wildman–Crippen LogP) is 3.17. The zero-order valence-electron chi connectivity index (χ0n) is 13.0. The van der Waals surface area contributed by atoms with Gasteiger partial charge in [-0.25, -0.2) is 0 Å². The molecule has 2 fully saturated rings. The van der Waals surface area contributed by atoms with Crippen LogP contribution in [0.25, 0.3) is 0 Å². The Morgan fingerprint density at radius 1 is 1.10 bits per heavy atom. The lowest BCUT2D eigenvalue weighted by Crippen LogP contribution is -2.37. The van der Waals surface area contributed by atoms with Crippen molar-refractivity contribution in [1.82, 2.24) is 9.88 Å². The minimum atomic E-state index is 0.415. The van der Waals surface area contributed by atoms with Gasteiger partial charge in [0.1, 0.15) is 0 Å². The third kappa shape index (κ3) is 3.80. The Labute approximate surface area is 123 Å². The van der Waals surface area contributed by atoms with Gasteiger partial charge in [-0.15, -0.1) is 0 Å². The predicted molar refractivity (Wildman–Crippen MR) is 84.7 cm³/mol. The van der Waals surface area contributed by atoms with Crippen molar-refractivity contribution in [2.24, 2.45) is 5.73 Å². The Morgan fingerprint density at radius 3 is 2.40 bits per heavy atom. The molecule has 0 bridgehead atoms. The second kappa shape index (κ2) is 7.75. The van der Waals surface area contributed by atoms with Crippen molar-refractivity contribution in [2.45, 2.75) is 64.0 Å². The van der Waals surface area contributed by atoms with Crippen LogP contribution in [0.2, 0.25) is 0 Å². The van der Waals surface area contributed by atoms with E-state index in [1.165, 1.54) is 44.3 Å². The van der Waals surface area contributed by atoms with Crippen molar-refractivity contribution in [3.63, 3.8) is 0 Å². The second-order valence-electron chi connectivity index (χ2n) is 5.80. The summed E-state index contributed by atoms with van der Waals surface area (Å²) in [5.41, 5.74) is 7.28. The van der Waals surface area contributed by atoms with E-state index in [-0.39, 0.29) is 0 Å². The molecule has 3 rings (SSSR count). The first kappa shape index (κ1) is 15.5. The molecule has 1 aliphatic carbocycles. The summed E-state index contributed by atoms with van der Waals surface area (Å²) >= 11 is 0. The SMILES string of the molecule is CC.N[C@@H]1CCN(C2CCC(c3ccccn3)CC2)C1. The summed E-state index contributed by atoms with van der Waals surface area (Å²) in [4.78, 5) is 7.11. The Morgan fingerprint density at radius 2 is 1.85 bits per heavy atom. The summed E-state index contributed by atoms with van der Waals surface area (Å²) in [5, 5.41) is 0. The van der Waals surface area contributed by atoms with Gasteiger partial charge in [0, 0.05) is 43.0 Å². The summed E-state index contributed by atoms with van der Waals surface area (Å²) in [5.74, 6) is 0.679. The molecule has 2 heterocycles. The largest absolute Gasteiger partial charge is 0.326 e. The highest BCUT2D eigenvalue weighted by Crippen LogP contribution is 2.34. The van der Waals surface area contributed by atoms with Gasteiger partial charge in [0.25, 0.3) is 0 Å². The lowest BCUT2D eigenvalue weighted by molar-refractivity contribution is 0.179. The molecule has 1 saturated heterocycles. The van der Waals surface area contributed by atoms with E-state index in [1.807, 2.05) is 26.1 Å². The fourth-order valence-electron chi connectivity index (χ4n) is 3.50. The third-order valence-corrected chi connectivity index (χ3v) is 4.58. The van der Waals surface area contributed by atoms with Gasteiger partial charge in [-0.05, 0) is 44.2 Å². The van der Waals surface area contributed by atoms with Gasteiger partial charge in [0.05, 0.1) is 0 Å². The van der Waals surface area contributed by atoms with Crippen LogP contribution in [-0.4, -0.2) is 35.1 Å². The molecule has 0 amide bonds. The molecule has 2 aliphatic rings. The Hall–Kier alpha value is -0.930. The van der Waals surface area contributed by atoms with Gasteiger partial charge in [0.2, 0.25) is 0 Å². The molecule has 3 nitrogen and oxygen atoms in total. The molecule has 2 N–H and O–H groups in total. The van der Waals surface area contributed by atoms with Crippen molar-refractivity contribution in [1.29, 1.82) is 0 Å². The van der Waals surface area contributed by atoms with Gasteiger partial charge < -0.3 is 5.73 Å². The van der Waals surface area contributed by atoms with Gasteiger partial charge in [-0.3, -0.25) is 9.88 Å². The van der Waals surface area contributed by atoms with E-state index in [9.17, 15) is 0 Å². The molecule has 0 radical (unpaired) electrons. The minimum absolute atomic E-state index is 0.415. The van der Waals surface area contributed by atoms with Crippen LogP contribution < -0.4 is 5.73 Å². The summed E-state index contributed by atoms with van der Waals surface area (Å²) in [6, 6.07) is 7.47. The fraction of sp³-hybridized carbons (Fsp3) is 0.706. The highest BCUT2D eigenvalue weighted by molar-refractivity contribution is 5.10. The van der Waals surface area contributed by atoms with Crippen LogP contribution >= 0.6 is 0 Å². The standard InChI is InChI=1S/C15H23N3.C2H6/c16-13-8-10-18(11-13)14-6-4-12(5-7-14)15-3-1-2-9-17-15;1-2/h1-3,9,12-14H,4-8,10-11,16H2;1-2H3/t12?,13-,14?;/m1./s1. The first-order chi connectivity index (χ1) is 9.83. The highest BCUT2D eigenvalue weighted by Gasteiger charge is 2.30. The van der Waals surface area contributed by atoms with E-state index >= 15 is 0 Å². The van der Waals surface area contributed by atoms with Crippen molar-refractivity contribution in [2.75, 3.05) is 13.1 Å². The van der Waals surface area contributed by atoms with Crippen molar-refractivity contribution in [3.8, 4) is 0 Å². The zero-order chi connectivity index (χ0) is 14.4. The molecule has 0 aromatic carbocycles. The molecule has 1 aromatic heterocycles. The number of nitrogens with two attached hydrogens (primary N) is 1. The normalized spacial score (nSPS) is 30.6. The lowest BCUT2D eigenvalue weighted by Gasteiger charge is -2.34. The number of pyridine rings is 1. The fourth-order valence-corrected chi connectivity index (χ4v) is 3.50. The molecule has 1 aliphatic heterocycles. The van der Waals surface area contributed by atoms with Crippen molar-refractivity contribution >= 4 is 0 Å². The quantitative estimate of drug-likeness (QED) is 0.901. The zero-order valence-corrected chi connectivity index (χ0v) is 13.0. The molecule has 0 spiro atoms. The van der Waals surface area contributed by atoms with Gasteiger partial charge in [0.15, 0.2) is 0 Å². The number of likely N-dealkylation sites (tertiary alicyclic amines) is 1. The van der Waals surface area contributed by atoms with Crippen LogP contribution in [-0.2, 0) is 0 Å². The van der Waals surface area contributed by atoms with E-state index in [0.29, 0.717) is 12.0 Å². The van der Waals surface area contributed by atoms with Crippen LogP contribution in [0, 0.1) is 0 Å². The molecule has 20 heavy (non-hydrogen) atoms. The maximum absolute atomic E-state index is 6.00. The first-order valence-electron chi connectivity index (χ1n) is 8.23. The van der Waals surface area contributed by atoms with Gasteiger partial charge in [-0.1, -0.05) is 19.9 Å². The number of hydrogen-bond donors (Lipinski definition) is 1. The number of nitrogens with zero attached hydrogens (tertiary/aromatic N) is 2. The Bertz CT molecular complexity index is 371. The lowest BCUT2D eigenvalue weighted by atomic mass is 9.83. The van der Waals surface area contributed by atoms with Crippen LogP contribution in [0.3, 0.4) is 0 Å². The number of aromatic nitrogens is 1. The van der Waals surface area contributed by atoms with Crippen LogP contribution in [0.1, 0.15) is 57.6 Å². The average molecular weight is 275 g/mol. The second-order valence-corrected chi connectivity index (χ2v) is 5.80. The molecule has 0 unspecified atom stereocenters. The smallest absolute Gasteiger partial charge is 0.0434 e. The molecule has 112 valence electrons. The van der Waals surface area contributed by atoms with Gasteiger partial charge >= 0.3 is 0 Å². The highest BCUT2D eigenvalue weighted by atomic mass is 15.2. The van der Waals surface area contributed by atoms with E-state index in [2.05, 4.69) is 22.0 Å². The average Bonchev–Trinajstić information content (AvgIpc) is 2.97. The Kier molecular flexibility index (Phi) is 5.99. The summed E-state index contributed by atoms with van der Waals surface area (Å²) in [7, 11) is 0. The Balaban J connectivity index is 0.000000704. The van der Waals surface area contributed by atoms with Crippen molar-refractivity contribution < 1.29 is 0 Å². The molecule has 3 heteroatoms. The number of hydrogen-bond acceptors (Lipinski definition) is 3. The van der Waals surface area contributed by atoms with E-state index in [4.69, 9.17) is 5.73 Å². The van der Waals surface area contributed by atoms with Gasteiger partial charge in [-0.2, -0.15) is 0 Å². The van der Waals surface area contributed by atoms with Crippen LogP contribution in [0.4, 0.5) is 0 Å². The summed E-state index contributed by atoms with van der Waals surface area (Å²) < 4.78 is 0. The summed E-state index contributed by atoms with van der Waals surface area (Å²) in [6.07, 6.45) is 8.30. The first-order valence-corrected chi connectivity index (χ1v) is 8.23. The van der Waals surface area contributed by atoms with E-state index < -0.39 is 0 Å².